The molecule has 1 saturated heterocycles. The fourth-order valence-electron chi connectivity index (χ4n) is 2.40. The Hall–Kier alpha value is -1.79. The SMILES string of the molecule is O=C1CCN(C(=O)NCC2(C(=O)O)CCC2)CCN1. The summed E-state index contributed by atoms with van der Waals surface area (Å²) in [5, 5.41) is 14.5. The van der Waals surface area contributed by atoms with Gasteiger partial charge in [0.2, 0.25) is 5.91 Å². The van der Waals surface area contributed by atoms with Crippen molar-refractivity contribution in [1.29, 1.82) is 0 Å². The maximum Gasteiger partial charge on any atom is 0.317 e. The zero-order valence-electron chi connectivity index (χ0n) is 10.8. The molecule has 0 atom stereocenters. The number of urea groups is 1. The smallest absolute Gasteiger partial charge is 0.317 e. The van der Waals surface area contributed by atoms with Crippen LogP contribution in [-0.2, 0) is 9.59 Å². The monoisotopic (exact) mass is 269 g/mol. The van der Waals surface area contributed by atoms with Crippen LogP contribution in [0.4, 0.5) is 4.79 Å². The first-order valence-corrected chi connectivity index (χ1v) is 6.56. The number of carboxylic acid groups (broad SMARTS) is 1. The van der Waals surface area contributed by atoms with Crippen LogP contribution in [0.2, 0.25) is 0 Å². The molecule has 7 nitrogen and oxygen atoms in total. The number of amides is 3. The lowest BCUT2D eigenvalue weighted by Crippen LogP contribution is -2.51. The van der Waals surface area contributed by atoms with Gasteiger partial charge >= 0.3 is 12.0 Å². The Bertz CT molecular complexity index is 392. The standard InChI is InChI=1S/C12H19N3O4/c16-9-2-6-15(7-5-13-9)11(19)14-8-12(10(17)18)3-1-4-12/h1-8H2,(H,13,16)(H,14,19)(H,17,18). The average Bonchev–Trinajstić information content (AvgIpc) is 2.52. The Morgan fingerprint density at radius 3 is 2.68 bits per heavy atom. The van der Waals surface area contributed by atoms with Gasteiger partial charge in [0.15, 0.2) is 0 Å². The number of hydrogen-bond donors (Lipinski definition) is 3. The van der Waals surface area contributed by atoms with Crippen molar-refractivity contribution in [2.45, 2.75) is 25.7 Å². The summed E-state index contributed by atoms with van der Waals surface area (Å²) in [7, 11) is 0. The Kier molecular flexibility index (Phi) is 3.92. The summed E-state index contributed by atoms with van der Waals surface area (Å²) in [5.74, 6) is -0.900. The molecule has 1 aliphatic heterocycles. The van der Waals surface area contributed by atoms with E-state index in [0.29, 0.717) is 32.5 Å². The van der Waals surface area contributed by atoms with E-state index in [0.717, 1.165) is 6.42 Å². The maximum absolute atomic E-state index is 11.9. The zero-order chi connectivity index (χ0) is 13.9. The van der Waals surface area contributed by atoms with Crippen LogP contribution in [0.15, 0.2) is 0 Å². The van der Waals surface area contributed by atoms with Crippen molar-refractivity contribution < 1.29 is 19.5 Å². The molecule has 2 rings (SSSR count). The highest BCUT2D eigenvalue weighted by molar-refractivity contribution is 5.80. The van der Waals surface area contributed by atoms with Crippen molar-refractivity contribution >= 4 is 17.9 Å². The Balaban J connectivity index is 1.83. The molecule has 3 amide bonds. The Labute approximate surface area is 111 Å². The third-order valence-electron chi connectivity index (χ3n) is 3.94. The van der Waals surface area contributed by atoms with Crippen LogP contribution in [0.3, 0.4) is 0 Å². The predicted molar refractivity (Wildman–Crippen MR) is 66.5 cm³/mol. The quantitative estimate of drug-likeness (QED) is 0.659. The van der Waals surface area contributed by atoms with E-state index in [-0.39, 0.29) is 24.9 Å². The molecule has 0 bridgehead atoms. The molecule has 19 heavy (non-hydrogen) atoms. The lowest BCUT2D eigenvalue weighted by atomic mass is 9.69. The van der Waals surface area contributed by atoms with Gasteiger partial charge in [0.05, 0.1) is 5.41 Å². The molecule has 0 unspecified atom stereocenters. The van der Waals surface area contributed by atoms with Gasteiger partial charge in [-0.25, -0.2) is 4.79 Å². The average molecular weight is 269 g/mol. The normalized spacial score (nSPS) is 21.9. The van der Waals surface area contributed by atoms with Crippen LogP contribution < -0.4 is 10.6 Å². The number of rotatable bonds is 3. The van der Waals surface area contributed by atoms with E-state index in [2.05, 4.69) is 10.6 Å². The molecule has 2 aliphatic rings. The van der Waals surface area contributed by atoms with Crippen molar-refractivity contribution in [3.63, 3.8) is 0 Å². The van der Waals surface area contributed by atoms with E-state index in [1.165, 1.54) is 0 Å². The van der Waals surface area contributed by atoms with Crippen molar-refractivity contribution in [2.75, 3.05) is 26.2 Å². The molecule has 1 saturated carbocycles. The van der Waals surface area contributed by atoms with Gasteiger partial charge in [-0.15, -0.1) is 0 Å². The lowest BCUT2D eigenvalue weighted by molar-refractivity contribution is -0.153. The van der Waals surface area contributed by atoms with E-state index in [1.54, 1.807) is 4.90 Å². The van der Waals surface area contributed by atoms with Crippen molar-refractivity contribution in [2.24, 2.45) is 5.41 Å². The summed E-state index contributed by atoms with van der Waals surface area (Å²) in [5.41, 5.74) is -0.782. The minimum absolute atomic E-state index is 0.0590. The number of nitrogens with one attached hydrogen (secondary N) is 2. The van der Waals surface area contributed by atoms with E-state index in [4.69, 9.17) is 5.11 Å². The zero-order valence-corrected chi connectivity index (χ0v) is 10.8. The maximum atomic E-state index is 11.9. The summed E-state index contributed by atoms with van der Waals surface area (Å²) in [6.07, 6.45) is 2.41. The fourth-order valence-corrected chi connectivity index (χ4v) is 2.40. The molecule has 3 N–H and O–H groups in total. The van der Waals surface area contributed by atoms with Gasteiger partial charge < -0.3 is 20.6 Å². The topological polar surface area (TPSA) is 98.7 Å². The third-order valence-corrected chi connectivity index (χ3v) is 3.94. The van der Waals surface area contributed by atoms with E-state index in [1.807, 2.05) is 0 Å². The van der Waals surface area contributed by atoms with Crippen LogP contribution in [0.1, 0.15) is 25.7 Å². The highest BCUT2D eigenvalue weighted by atomic mass is 16.4. The number of carboxylic acids is 1. The molecule has 1 aliphatic carbocycles. The van der Waals surface area contributed by atoms with E-state index < -0.39 is 11.4 Å². The van der Waals surface area contributed by atoms with Gasteiger partial charge in [-0.3, -0.25) is 9.59 Å². The van der Waals surface area contributed by atoms with Crippen molar-refractivity contribution in [1.82, 2.24) is 15.5 Å². The van der Waals surface area contributed by atoms with Crippen molar-refractivity contribution in [3.8, 4) is 0 Å². The predicted octanol–water partition coefficient (Wildman–Crippen LogP) is -0.227. The lowest BCUT2D eigenvalue weighted by Gasteiger charge is -2.38. The fraction of sp³-hybridized carbons (Fsp3) is 0.750. The number of nitrogens with zero attached hydrogens (tertiary/aromatic N) is 1. The number of hydrogen-bond acceptors (Lipinski definition) is 3. The molecule has 1 heterocycles. The third kappa shape index (κ3) is 2.97. The molecule has 0 aromatic carbocycles. The van der Waals surface area contributed by atoms with Gasteiger partial charge in [-0.2, -0.15) is 0 Å². The van der Waals surface area contributed by atoms with Crippen LogP contribution in [-0.4, -0.2) is 54.1 Å². The highest BCUT2D eigenvalue weighted by Crippen LogP contribution is 2.40. The van der Waals surface area contributed by atoms with Gasteiger partial charge in [0.25, 0.3) is 0 Å². The minimum Gasteiger partial charge on any atom is -0.481 e. The van der Waals surface area contributed by atoms with Crippen molar-refractivity contribution in [3.05, 3.63) is 0 Å². The van der Waals surface area contributed by atoms with Gasteiger partial charge in [0.1, 0.15) is 0 Å². The van der Waals surface area contributed by atoms with E-state index in [9.17, 15) is 14.4 Å². The summed E-state index contributed by atoms with van der Waals surface area (Å²) >= 11 is 0. The van der Waals surface area contributed by atoms with Gasteiger partial charge in [0, 0.05) is 32.6 Å². The first-order chi connectivity index (χ1) is 9.03. The molecule has 0 radical (unpaired) electrons. The van der Waals surface area contributed by atoms with Crippen LogP contribution in [0, 0.1) is 5.41 Å². The van der Waals surface area contributed by atoms with Crippen LogP contribution >= 0.6 is 0 Å². The summed E-state index contributed by atoms with van der Waals surface area (Å²) < 4.78 is 0. The molecule has 7 heteroatoms. The number of aliphatic carboxylic acids is 1. The molecular formula is C12H19N3O4. The summed E-state index contributed by atoms with van der Waals surface area (Å²) in [4.78, 5) is 35.8. The first-order valence-electron chi connectivity index (χ1n) is 6.56. The highest BCUT2D eigenvalue weighted by Gasteiger charge is 2.44. The molecule has 2 fully saturated rings. The first kappa shape index (κ1) is 13.6. The number of carbonyl (C=O) groups excluding carboxylic acids is 2. The Morgan fingerprint density at radius 1 is 1.37 bits per heavy atom. The molecule has 0 aromatic heterocycles. The molecule has 0 spiro atoms. The molecule has 106 valence electrons. The minimum atomic E-state index is -0.841. The molecular weight excluding hydrogens is 250 g/mol. The molecule has 0 aromatic rings. The largest absolute Gasteiger partial charge is 0.481 e. The second-order valence-corrected chi connectivity index (χ2v) is 5.18. The second kappa shape index (κ2) is 5.46. The summed E-state index contributed by atoms with van der Waals surface area (Å²) in [6.45, 7) is 1.44. The summed E-state index contributed by atoms with van der Waals surface area (Å²) in [6, 6.07) is -0.288. The second-order valence-electron chi connectivity index (χ2n) is 5.18. The van der Waals surface area contributed by atoms with Crippen LogP contribution in [0.5, 0.6) is 0 Å². The van der Waals surface area contributed by atoms with Gasteiger partial charge in [-0.1, -0.05) is 6.42 Å². The van der Waals surface area contributed by atoms with E-state index >= 15 is 0 Å². The number of carbonyl (C=O) groups is 3. The Morgan fingerprint density at radius 2 is 2.11 bits per heavy atom. The van der Waals surface area contributed by atoms with Gasteiger partial charge in [-0.05, 0) is 12.8 Å². The van der Waals surface area contributed by atoms with Crippen LogP contribution in [0.25, 0.3) is 0 Å².